The molecule has 0 N–H and O–H groups in total. The van der Waals surface area contributed by atoms with Crippen LogP contribution in [0.2, 0.25) is 0 Å². The first-order chi connectivity index (χ1) is 14.1. The number of rotatable bonds is 5. The molecule has 0 radical (unpaired) electrons. The molecule has 5 heteroatoms. The molecule has 2 aliphatic rings. The summed E-state index contributed by atoms with van der Waals surface area (Å²) in [5.41, 5.74) is 5.51. The maximum Gasteiger partial charge on any atom is 0.257 e. The van der Waals surface area contributed by atoms with Crippen LogP contribution < -0.4 is 4.74 Å². The van der Waals surface area contributed by atoms with Crippen LogP contribution in [0.15, 0.2) is 47.6 Å². The van der Waals surface area contributed by atoms with E-state index >= 15 is 0 Å². The number of aryl methyl sites for hydroxylation is 2. The zero-order valence-corrected chi connectivity index (χ0v) is 17.5. The molecule has 1 atom stereocenters. The van der Waals surface area contributed by atoms with Crippen molar-refractivity contribution in [3.05, 3.63) is 64.7 Å². The number of hydrogen-bond donors (Lipinski definition) is 0. The Morgan fingerprint density at radius 3 is 2.62 bits per heavy atom. The van der Waals surface area contributed by atoms with Crippen LogP contribution in [0, 0.1) is 13.8 Å². The van der Waals surface area contributed by atoms with Crippen molar-refractivity contribution in [3.63, 3.8) is 0 Å². The van der Waals surface area contributed by atoms with Crippen LogP contribution >= 0.6 is 0 Å². The number of benzene rings is 2. The van der Waals surface area contributed by atoms with Crippen LogP contribution in [0.3, 0.4) is 0 Å². The summed E-state index contributed by atoms with van der Waals surface area (Å²) in [6, 6.07) is 14.2. The molecule has 29 heavy (non-hydrogen) atoms. The summed E-state index contributed by atoms with van der Waals surface area (Å²) in [5.74, 6) is 0.858. The Bertz CT molecular complexity index is 931. The summed E-state index contributed by atoms with van der Waals surface area (Å²) >= 11 is 0. The smallest absolute Gasteiger partial charge is 0.257 e. The average molecular weight is 392 g/mol. The van der Waals surface area contributed by atoms with Crippen molar-refractivity contribution in [1.82, 2.24) is 9.91 Å². The van der Waals surface area contributed by atoms with Crippen LogP contribution in [0.4, 0.5) is 0 Å². The second-order valence-electron chi connectivity index (χ2n) is 8.05. The summed E-state index contributed by atoms with van der Waals surface area (Å²) in [7, 11) is 1.68. The first-order valence-electron chi connectivity index (χ1n) is 10.4. The van der Waals surface area contributed by atoms with Crippen molar-refractivity contribution in [2.75, 3.05) is 26.7 Å². The number of likely N-dealkylation sites (tertiary alicyclic amines) is 1. The van der Waals surface area contributed by atoms with Crippen molar-refractivity contribution in [1.29, 1.82) is 0 Å². The van der Waals surface area contributed by atoms with Crippen molar-refractivity contribution in [2.45, 2.75) is 39.2 Å². The molecule has 1 amide bonds. The quantitative estimate of drug-likeness (QED) is 0.771. The lowest BCUT2D eigenvalue weighted by atomic mass is 9.95. The van der Waals surface area contributed by atoms with Crippen LogP contribution in [0.1, 0.15) is 47.6 Å². The molecule has 152 valence electrons. The van der Waals surface area contributed by atoms with Crippen molar-refractivity contribution < 1.29 is 9.53 Å². The predicted octanol–water partition coefficient (Wildman–Crippen LogP) is 4.09. The Hall–Kier alpha value is -2.66. The van der Waals surface area contributed by atoms with Crippen LogP contribution in [0.25, 0.3) is 0 Å². The lowest BCUT2D eigenvalue weighted by Gasteiger charge is -2.25. The van der Waals surface area contributed by atoms with E-state index in [-0.39, 0.29) is 11.9 Å². The van der Waals surface area contributed by atoms with Gasteiger partial charge in [-0.3, -0.25) is 9.69 Å². The third kappa shape index (κ3) is 4.06. The molecule has 4 rings (SSSR count). The highest BCUT2D eigenvalue weighted by atomic mass is 16.5. The number of carbonyl (C=O) groups excluding carboxylic acids is 1. The van der Waals surface area contributed by atoms with Gasteiger partial charge in [-0.2, -0.15) is 5.10 Å². The van der Waals surface area contributed by atoms with Gasteiger partial charge in [0.15, 0.2) is 0 Å². The highest BCUT2D eigenvalue weighted by Crippen LogP contribution is 2.38. The van der Waals surface area contributed by atoms with Gasteiger partial charge in [0.2, 0.25) is 0 Å². The summed E-state index contributed by atoms with van der Waals surface area (Å²) in [6.45, 7) is 6.61. The monoisotopic (exact) mass is 391 g/mol. The van der Waals surface area contributed by atoms with Gasteiger partial charge in [0.25, 0.3) is 5.91 Å². The van der Waals surface area contributed by atoms with Crippen molar-refractivity contribution in [3.8, 4) is 5.75 Å². The first kappa shape index (κ1) is 19.6. The van der Waals surface area contributed by atoms with Crippen LogP contribution in [0.5, 0.6) is 5.75 Å². The molecule has 1 saturated heterocycles. The zero-order chi connectivity index (χ0) is 20.4. The molecule has 2 heterocycles. The Labute approximate surface area is 173 Å². The maximum atomic E-state index is 13.2. The third-order valence-corrected chi connectivity index (χ3v) is 5.91. The normalized spacial score (nSPS) is 19.5. The summed E-state index contributed by atoms with van der Waals surface area (Å²) in [4.78, 5) is 15.5. The van der Waals surface area contributed by atoms with Gasteiger partial charge in [0.05, 0.1) is 25.4 Å². The number of ether oxygens (including phenoxy) is 1. The van der Waals surface area contributed by atoms with Crippen molar-refractivity contribution in [2.24, 2.45) is 5.10 Å². The summed E-state index contributed by atoms with van der Waals surface area (Å²) in [6.07, 6.45) is 3.02. The van der Waals surface area contributed by atoms with Gasteiger partial charge >= 0.3 is 0 Å². The number of nitrogens with zero attached hydrogens (tertiary/aromatic N) is 3. The number of amides is 1. The molecule has 0 spiro atoms. The molecule has 2 aliphatic heterocycles. The largest absolute Gasteiger partial charge is 0.496 e. The predicted molar refractivity (Wildman–Crippen MR) is 115 cm³/mol. The molecule has 1 fully saturated rings. The fourth-order valence-corrected chi connectivity index (χ4v) is 4.43. The van der Waals surface area contributed by atoms with E-state index in [1.165, 1.54) is 24.0 Å². The highest BCUT2D eigenvalue weighted by Gasteiger charge is 2.35. The van der Waals surface area contributed by atoms with E-state index in [1.807, 2.05) is 24.3 Å². The molecule has 2 aromatic rings. The van der Waals surface area contributed by atoms with Gasteiger partial charge in [0.1, 0.15) is 5.75 Å². The fourth-order valence-electron chi connectivity index (χ4n) is 4.43. The highest BCUT2D eigenvalue weighted by molar-refractivity contribution is 6.04. The van der Waals surface area contributed by atoms with E-state index in [0.29, 0.717) is 13.0 Å². The molecule has 0 bridgehead atoms. The summed E-state index contributed by atoms with van der Waals surface area (Å²) < 4.78 is 5.60. The molecule has 0 aromatic heterocycles. The standard InChI is InChI=1S/C24H29N3O2/c1-17-10-11-19(18(2)14-17)21-15-22(20-8-4-5-9-23(20)29-3)27(25-21)24(28)16-26-12-6-7-13-26/h4-5,8-11,14,22H,6-7,12-13,15-16H2,1-3H3. The van der Waals surface area contributed by atoms with E-state index in [0.717, 1.165) is 35.7 Å². The van der Waals surface area contributed by atoms with Gasteiger partial charge in [-0.15, -0.1) is 0 Å². The van der Waals surface area contributed by atoms with E-state index in [2.05, 4.69) is 36.9 Å². The second kappa shape index (κ2) is 8.37. The van der Waals surface area contributed by atoms with E-state index < -0.39 is 0 Å². The van der Waals surface area contributed by atoms with Gasteiger partial charge < -0.3 is 4.74 Å². The van der Waals surface area contributed by atoms with Crippen LogP contribution in [-0.4, -0.2) is 48.3 Å². The average Bonchev–Trinajstić information content (AvgIpc) is 3.38. The van der Waals surface area contributed by atoms with E-state index in [9.17, 15) is 4.79 Å². The van der Waals surface area contributed by atoms with E-state index in [4.69, 9.17) is 9.84 Å². The number of hydrogen-bond acceptors (Lipinski definition) is 4. The maximum absolute atomic E-state index is 13.2. The van der Waals surface area contributed by atoms with Crippen LogP contribution in [-0.2, 0) is 4.79 Å². The molecular formula is C24H29N3O2. The number of hydrazone groups is 1. The van der Waals surface area contributed by atoms with Gasteiger partial charge in [-0.1, -0.05) is 42.0 Å². The molecular weight excluding hydrogens is 362 g/mol. The minimum Gasteiger partial charge on any atom is -0.496 e. The van der Waals surface area contributed by atoms with Gasteiger partial charge in [0, 0.05) is 17.5 Å². The Morgan fingerprint density at radius 1 is 1.14 bits per heavy atom. The Morgan fingerprint density at radius 2 is 1.90 bits per heavy atom. The lowest BCUT2D eigenvalue weighted by Crippen LogP contribution is -2.37. The molecule has 1 unspecified atom stereocenters. The lowest BCUT2D eigenvalue weighted by molar-refractivity contribution is -0.134. The molecule has 0 aliphatic carbocycles. The van der Waals surface area contributed by atoms with E-state index in [1.54, 1.807) is 12.1 Å². The van der Waals surface area contributed by atoms with Gasteiger partial charge in [-0.05, 0) is 51.4 Å². The zero-order valence-electron chi connectivity index (χ0n) is 17.5. The third-order valence-electron chi connectivity index (χ3n) is 5.91. The fraction of sp³-hybridized carbons (Fsp3) is 0.417. The SMILES string of the molecule is COc1ccccc1C1CC(c2ccc(C)cc2C)=NN1C(=O)CN1CCCC1. The number of carbonyl (C=O) groups is 1. The molecule has 0 saturated carbocycles. The minimum absolute atomic E-state index is 0.0579. The molecule has 5 nitrogen and oxygen atoms in total. The topological polar surface area (TPSA) is 45.1 Å². The minimum atomic E-state index is -0.142. The second-order valence-corrected chi connectivity index (χ2v) is 8.05. The number of para-hydroxylation sites is 1. The van der Waals surface area contributed by atoms with Crippen molar-refractivity contribution >= 4 is 11.6 Å². The first-order valence-corrected chi connectivity index (χ1v) is 10.4. The Balaban J connectivity index is 1.68. The molecule has 2 aromatic carbocycles. The van der Waals surface area contributed by atoms with Gasteiger partial charge in [-0.25, -0.2) is 5.01 Å². The number of methoxy groups -OCH3 is 1. The summed E-state index contributed by atoms with van der Waals surface area (Å²) in [5, 5.41) is 6.54. The Kier molecular flexibility index (Phi) is 5.67.